The number of rotatable bonds is 5. The van der Waals surface area contributed by atoms with Crippen LogP contribution in [0.5, 0.6) is 0 Å². The second kappa shape index (κ2) is 7.87. The summed E-state index contributed by atoms with van der Waals surface area (Å²) in [6.07, 6.45) is 3.55. The third-order valence-corrected chi connectivity index (χ3v) is 5.97. The van der Waals surface area contributed by atoms with Gasteiger partial charge in [0, 0.05) is 36.3 Å². The van der Waals surface area contributed by atoms with Crippen LogP contribution in [-0.2, 0) is 11.2 Å². The van der Waals surface area contributed by atoms with Crippen molar-refractivity contribution in [3.63, 3.8) is 0 Å². The topological polar surface area (TPSA) is 62.5 Å². The maximum Gasteiger partial charge on any atom is 0.222 e. The van der Waals surface area contributed by atoms with Crippen molar-refractivity contribution in [2.45, 2.75) is 39.5 Å². The number of amides is 1. The molecule has 1 aromatic carbocycles. The molecule has 1 fully saturated rings. The van der Waals surface area contributed by atoms with Crippen LogP contribution >= 0.6 is 0 Å². The molecule has 1 amide bonds. The summed E-state index contributed by atoms with van der Waals surface area (Å²) in [5, 5.41) is 9.03. The molecule has 148 valence electrons. The molecular weight excluding hydrogens is 350 g/mol. The van der Waals surface area contributed by atoms with E-state index in [4.69, 9.17) is 10.1 Å². The number of carbonyl (C=O) groups is 1. The number of aromatic nitrogens is 3. The Bertz CT molecular complexity index is 1010. The summed E-state index contributed by atoms with van der Waals surface area (Å²) < 4.78 is 1.93. The van der Waals surface area contributed by atoms with Crippen LogP contribution in [-0.4, -0.2) is 52.1 Å². The van der Waals surface area contributed by atoms with Crippen molar-refractivity contribution in [1.82, 2.24) is 24.8 Å². The second-order valence-electron chi connectivity index (χ2n) is 7.92. The Kier molecular flexibility index (Phi) is 5.31. The standard InChI is InChI=1S/C22H29N5O/c1-15-18(10-11-21(28)26-12-6-7-17(14-26)13-23-3)16(2)27-22(24-15)19-8-4-5-9-20(19)25-27/h4-5,8-9,17,23H,6-7,10-14H2,1-3H3. The molecule has 1 unspecified atom stereocenters. The molecule has 1 atom stereocenters. The summed E-state index contributed by atoms with van der Waals surface area (Å²) >= 11 is 0. The predicted octanol–water partition coefficient (Wildman–Crippen LogP) is 2.89. The minimum absolute atomic E-state index is 0.255. The molecular formula is C22H29N5O. The van der Waals surface area contributed by atoms with E-state index in [1.807, 2.05) is 41.6 Å². The van der Waals surface area contributed by atoms with E-state index in [1.165, 1.54) is 6.42 Å². The van der Waals surface area contributed by atoms with Crippen molar-refractivity contribution < 1.29 is 4.79 Å². The number of piperidine rings is 1. The van der Waals surface area contributed by atoms with E-state index in [1.54, 1.807) is 0 Å². The molecule has 1 aliphatic rings. The Labute approximate surface area is 165 Å². The fourth-order valence-electron chi connectivity index (χ4n) is 4.48. The Morgan fingerprint density at radius 2 is 2.11 bits per heavy atom. The number of likely N-dealkylation sites (tertiary alicyclic amines) is 1. The third kappa shape index (κ3) is 3.49. The molecule has 0 bridgehead atoms. The van der Waals surface area contributed by atoms with E-state index in [9.17, 15) is 4.79 Å². The van der Waals surface area contributed by atoms with E-state index >= 15 is 0 Å². The highest BCUT2D eigenvalue weighted by atomic mass is 16.2. The van der Waals surface area contributed by atoms with Crippen LogP contribution in [0.15, 0.2) is 24.3 Å². The van der Waals surface area contributed by atoms with Gasteiger partial charge < -0.3 is 10.2 Å². The number of nitrogens with zero attached hydrogens (tertiary/aromatic N) is 4. The summed E-state index contributed by atoms with van der Waals surface area (Å²) in [5.41, 5.74) is 5.06. The number of hydrogen-bond acceptors (Lipinski definition) is 4. The lowest BCUT2D eigenvalue weighted by molar-refractivity contribution is -0.132. The van der Waals surface area contributed by atoms with Crippen LogP contribution in [0.25, 0.3) is 16.6 Å². The fourth-order valence-corrected chi connectivity index (χ4v) is 4.48. The number of carbonyl (C=O) groups excluding carboxylic acids is 1. The molecule has 6 nitrogen and oxygen atoms in total. The summed E-state index contributed by atoms with van der Waals surface area (Å²) in [6.45, 7) is 6.86. The molecule has 0 spiro atoms. The number of nitrogens with one attached hydrogen (secondary N) is 1. The maximum atomic E-state index is 12.8. The predicted molar refractivity (Wildman–Crippen MR) is 112 cm³/mol. The first-order valence-corrected chi connectivity index (χ1v) is 10.2. The first-order valence-electron chi connectivity index (χ1n) is 10.2. The van der Waals surface area contributed by atoms with Gasteiger partial charge in [0.1, 0.15) is 0 Å². The van der Waals surface area contributed by atoms with Crippen LogP contribution < -0.4 is 5.32 Å². The third-order valence-electron chi connectivity index (χ3n) is 5.97. The summed E-state index contributed by atoms with van der Waals surface area (Å²) in [4.78, 5) is 19.7. The number of fused-ring (bicyclic) bond motifs is 3. The van der Waals surface area contributed by atoms with E-state index in [2.05, 4.69) is 18.3 Å². The van der Waals surface area contributed by atoms with E-state index in [0.717, 1.165) is 59.6 Å². The largest absolute Gasteiger partial charge is 0.342 e. The number of aryl methyl sites for hydroxylation is 2. The highest BCUT2D eigenvalue weighted by Gasteiger charge is 2.23. The first kappa shape index (κ1) is 18.9. The second-order valence-corrected chi connectivity index (χ2v) is 7.92. The van der Waals surface area contributed by atoms with Crippen molar-refractivity contribution in [3.05, 3.63) is 41.2 Å². The van der Waals surface area contributed by atoms with Gasteiger partial charge in [0.25, 0.3) is 0 Å². The average Bonchev–Trinajstić information content (AvgIpc) is 3.07. The first-order chi connectivity index (χ1) is 13.6. The van der Waals surface area contributed by atoms with E-state index in [0.29, 0.717) is 18.8 Å². The van der Waals surface area contributed by atoms with Gasteiger partial charge in [0.05, 0.1) is 5.52 Å². The molecule has 1 saturated heterocycles. The molecule has 3 heterocycles. The van der Waals surface area contributed by atoms with Gasteiger partial charge in [-0.25, -0.2) is 9.50 Å². The van der Waals surface area contributed by atoms with Gasteiger partial charge in [0.15, 0.2) is 5.65 Å². The molecule has 1 N–H and O–H groups in total. The van der Waals surface area contributed by atoms with Crippen molar-refractivity contribution in [1.29, 1.82) is 0 Å². The quantitative estimate of drug-likeness (QED) is 0.740. The normalized spacial score (nSPS) is 17.5. The van der Waals surface area contributed by atoms with Crippen molar-refractivity contribution in [2.75, 3.05) is 26.7 Å². The van der Waals surface area contributed by atoms with Crippen molar-refractivity contribution in [3.8, 4) is 0 Å². The Balaban J connectivity index is 1.53. The number of benzene rings is 1. The van der Waals surface area contributed by atoms with Crippen molar-refractivity contribution >= 4 is 22.5 Å². The molecule has 0 aliphatic carbocycles. The monoisotopic (exact) mass is 379 g/mol. The molecule has 0 radical (unpaired) electrons. The maximum absolute atomic E-state index is 12.8. The minimum atomic E-state index is 0.255. The Hall–Kier alpha value is -2.47. The van der Waals surface area contributed by atoms with Crippen LogP contribution in [0.1, 0.15) is 36.2 Å². The molecule has 3 aromatic rings. The zero-order valence-corrected chi connectivity index (χ0v) is 17.0. The SMILES string of the molecule is CNCC1CCCN(C(=O)CCc2c(C)nc3c4ccccc4nn3c2C)C1. The summed E-state index contributed by atoms with van der Waals surface area (Å²) in [7, 11) is 1.98. The van der Waals surface area contributed by atoms with Gasteiger partial charge in [-0.1, -0.05) is 12.1 Å². The summed E-state index contributed by atoms with van der Waals surface area (Å²) in [6, 6.07) is 8.09. The van der Waals surface area contributed by atoms with Crippen molar-refractivity contribution in [2.24, 2.45) is 5.92 Å². The van der Waals surface area contributed by atoms with Crippen LogP contribution in [0, 0.1) is 19.8 Å². The van der Waals surface area contributed by atoms with Gasteiger partial charge in [-0.05, 0) is 70.3 Å². The van der Waals surface area contributed by atoms with E-state index in [-0.39, 0.29) is 5.91 Å². The number of hydrogen-bond donors (Lipinski definition) is 1. The smallest absolute Gasteiger partial charge is 0.222 e. The van der Waals surface area contributed by atoms with Crippen LogP contribution in [0.4, 0.5) is 0 Å². The van der Waals surface area contributed by atoms with Crippen LogP contribution in [0.2, 0.25) is 0 Å². The molecule has 6 heteroatoms. The highest BCUT2D eigenvalue weighted by Crippen LogP contribution is 2.23. The summed E-state index contributed by atoms with van der Waals surface area (Å²) in [5.74, 6) is 0.825. The highest BCUT2D eigenvalue weighted by molar-refractivity contribution is 5.92. The average molecular weight is 380 g/mol. The zero-order chi connectivity index (χ0) is 19.7. The molecule has 1 aliphatic heterocycles. The van der Waals surface area contributed by atoms with Gasteiger partial charge >= 0.3 is 0 Å². The molecule has 4 rings (SSSR count). The van der Waals surface area contributed by atoms with Gasteiger partial charge in [0.2, 0.25) is 5.91 Å². The van der Waals surface area contributed by atoms with Gasteiger partial charge in [-0.15, -0.1) is 0 Å². The van der Waals surface area contributed by atoms with E-state index < -0.39 is 0 Å². The molecule has 2 aromatic heterocycles. The van der Waals surface area contributed by atoms with Gasteiger partial charge in [-0.3, -0.25) is 4.79 Å². The minimum Gasteiger partial charge on any atom is -0.342 e. The van der Waals surface area contributed by atoms with Crippen LogP contribution in [0.3, 0.4) is 0 Å². The van der Waals surface area contributed by atoms with Gasteiger partial charge in [-0.2, -0.15) is 5.10 Å². The lowest BCUT2D eigenvalue weighted by Crippen LogP contribution is -2.42. The molecule has 28 heavy (non-hydrogen) atoms. The zero-order valence-electron chi connectivity index (χ0n) is 17.0. The Morgan fingerprint density at radius 3 is 2.93 bits per heavy atom. The lowest BCUT2D eigenvalue weighted by Gasteiger charge is -2.33. The Morgan fingerprint density at radius 1 is 1.29 bits per heavy atom. The lowest BCUT2D eigenvalue weighted by atomic mass is 9.97. The fraction of sp³-hybridized carbons (Fsp3) is 0.500. The molecule has 0 saturated carbocycles.